The zero-order valence-electron chi connectivity index (χ0n) is 50.0. The van der Waals surface area contributed by atoms with Gasteiger partial charge in [-0.3, -0.25) is 14.2 Å². The number of quaternary nitrogens is 1. The fourth-order valence-electron chi connectivity index (χ4n) is 9.13. The van der Waals surface area contributed by atoms with E-state index in [0.717, 1.165) is 57.8 Å². The number of unbranched alkanes of at least 4 members (excludes halogenated alkanes) is 37. The standard InChI is InChI=1S/C65H122NO8P/c1-6-8-10-12-14-16-18-20-22-24-25-26-27-28-29-30-31-32-33-34-35-36-37-38-39-40-41-42-44-46-48-50-52-54-56-58-65(68)74-63(62-73-75(69,70)72-60-59-66(3,4)5)61-71-64(67)57-55-53-51-49-47-45-43-23-21-19-17-15-13-11-9-7-2/h17-20,23-25,43,63H,6-16,21-22,26-42,44-62H2,1-5H3/b19-17-,20-18-,25-24-,43-23-. The molecule has 0 aromatic carbocycles. The van der Waals surface area contributed by atoms with Crippen molar-refractivity contribution in [1.82, 2.24) is 0 Å². The van der Waals surface area contributed by atoms with E-state index in [9.17, 15) is 19.0 Å². The molecule has 0 aliphatic rings. The molecule has 0 aliphatic heterocycles. The van der Waals surface area contributed by atoms with Gasteiger partial charge in [-0.1, -0.05) is 262 Å². The van der Waals surface area contributed by atoms with Crippen LogP contribution in [0, 0.1) is 0 Å². The number of nitrogens with zero attached hydrogens (tertiary/aromatic N) is 1. The molecular weight excluding hydrogens is 954 g/mol. The van der Waals surface area contributed by atoms with Crippen molar-refractivity contribution in [2.75, 3.05) is 47.5 Å². The number of carbonyl (C=O) groups is 2. The maximum Gasteiger partial charge on any atom is 0.306 e. The van der Waals surface area contributed by atoms with Crippen LogP contribution < -0.4 is 4.89 Å². The van der Waals surface area contributed by atoms with E-state index >= 15 is 0 Å². The number of carbonyl (C=O) groups excluding carboxylic acids is 2. The van der Waals surface area contributed by atoms with E-state index in [1.807, 2.05) is 21.1 Å². The van der Waals surface area contributed by atoms with Gasteiger partial charge >= 0.3 is 11.9 Å². The Bertz CT molecular complexity index is 1410. The molecule has 440 valence electrons. The van der Waals surface area contributed by atoms with Gasteiger partial charge in [0.2, 0.25) is 0 Å². The molecule has 0 saturated heterocycles. The third-order valence-corrected chi connectivity index (χ3v) is 15.0. The molecular formula is C65H122NO8P. The van der Waals surface area contributed by atoms with Gasteiger partial charge in [0.25, 0.3) is 7.82 Å². The molecule has 0 heterocycles. The fourth-order valence-corrected chi connectivity index (χ4v) is 9.86. The summed E-state index contributed by atoms with van der Waals surface area (Å²) < 4.78 is 34.2. The summed E-state index contributed by atoms with van der Waals surface area (Å²) in [4.78, 5) is 37.9. The summed E-state index contributed by atoms with van der Waals surface area (Å²) in [5, 5.41) is 0. The summed E-state index contributed by atoms with van der Waals surface area (Å²) in [5.74, 6) is -0.837. The van der Waals surface area contributed by atoms with E-state index < -0.39 is 32.5 Å². The molecule has 0 fully saturated rings. The quantitative estimate of drug-likeness (QED) is 0.0195. The van der Waals surface area contributed by atoms with Crippen molar-refractivity contribution in [2.24, 2.45) is 0 Å². The van der Waals surface area contributed by atoms with Gasteiger partial charge in [0.15, 0.2) is 6.10 Å². The van der Waals surface area contributed by atoms with Crippen LogP contribution in [0.4, 0.5) is 0 Å². The first-order valence-corrected chi connectivity index (χ1v) is 33.3. The molecule has 0 rings (SSSR count). The van der Waals surface area contributed by atoms with Gasteiger partial charge in [0.05, 0.1) is 27.7 Å². The molecule has 0 aliphatic carbocycles. The van der Waals surface area contributed by atoms with Crippen LogP contribution in [-0.2, 0) is 32.7 Å². The third-order valence-electron chi connectivity index (χ3n) is 14.1. The molecule has 75 heavy (non-hydrogen) atoms. The topological polar surface area (TPSA) is 111 Å². The van der Waals surface area contributed by atoms with Crippen molar-refractivity contribution in [1.29, 1.82) is 0 Å². The van der Waals surface area contributed by atoms with E-state index in [0.29, 0.717) is 23.9 Å². The second-order valence-corrected chi connectivity index (χ2v) is 24.2. The van der Waals surface area contributed by atoms with Crippen LogP contribution in [0.25, 0.3) is 0 Å². The summed E-state index contributed by atoms with van der Waals surface area (Å²) >= 11 is 0. The van der Waals surface area contributed by atoms with Gasteiger partial charge in [-0.05, 0) is 77.0 Å². The predicted octanol–water partition coefficient (Wildman–Crippen LogP) is 19.5. The maximum atomic E-state index is 12.8. The Hall–Kier alpha value is -2.03. The number of likely N-dealkylation sites (N-methyl/N-ethyl adjacent to an activating group) is 1. The van der Waals surface area contributed by atoms with Crippen LogP contribution in [0.1, 0.15) is 303 Å². The smallest absolute Gasteiger partial charge is 0.306 e. The highest BCUT2D eigenvalue weighted by Gasteiger charge is 2.22. The average Bonchev–Trinajstić information content (AvgIpc) is 3.37. The largest absolute Gasteiger partial charge is 0.756 e. The first-order chi connectivity index (χ1) is 36.5. The van der Waals surface area contributed by atoms with Gasteiger partial charge in [0.1, 0.15) is 19.8 Å². The minimum absolute atomic E-state index is 0.0322. The molecule has 0 bridgehead atoms. The lowest BCUT2D eigenvalue weighted by Crippen LogP contribution is -2.37. The molecule has 0 amide bonds. The van der Waals surface area contributed by atoms with Crippen LogP contribution in [0.5, 0.6) is 0 Å². The number of rotatable bonds is 59. The predicted molar refractivity (Wildman–Crippen MR) is 319 cm³/mol. The summed E-state index contributed by atoms with van der Waals surface area (Å²) in [6.07, 6.45) is 71.9. The van der Waals surface area contributed by atoms with Crippen LogP contribution >= 0.6 is 7.82 Å². The SMILES string of the molecule is CCCCCC/C=C\C/C=C\CCCCCCCC(=O)OCC(COP(=O)([O-])OCC[N+](C)(C)C)OC(=O)CCCCCCCCCCCCCCCCCCCCCCCCC/C=C\C/C=C\CCCCCCC. The monoisotopic (exact) mass is 1080 g/mol. The highest BCUT2D eigenvalue weighted by Crippen LogP contribution is 2.38. The zero-order chi connectivity index (χ0) is 54.9. The molecule has 0 radical (unpaired) electrons. The van der Waals surface area contributed by atoms with Crippen molar-refractivity contribution in [2.45, 2.75) is 309 Å². The van der Waals surface area contributed by atoms with Crippen LogP contribution in [0.3, 0.4) is 0 Å². The summed E-state index contributed by atoms with van der Waals surface area (Å²) in [5.41, 5.74) is 0. The Morgan fingerprint density at radius 3 is 1.07 bits per heavy atom. The minimum atomic E-state index is -4.64. The Labute approximate surface area is 464 Å². The number of allylic oxidation sites excluding steroid dienone is 8. The third kappa shape index (κ3) is 61.1. The minimum Gasteiger partial charge on any atom is -0.756 e. The van der Waals surface area contributed by atoms with Gasteiger partial charge in [-0.25, -0.2) is 0 Å². The van der Waals surface area contributed by atoms with Gasteiger partial charge < -0.3 is 27.9 Å². The number of phosphoric acid groups is 1. The highest BCUT2D eigenvalue weighted by molar-refractivity contribution is 7.45. The second-order valence-electron chi connectivity index (χ2n) is 22.8. The number of hydrogen-bond donors (Lipinski definition) is 0. The van der Waals surface area contributed by atoms with Crippen molar-refractivity contribution in [3.05, 3.63) is 48.6 Å². The number of ether oxygens (including phenoxy) is 2. The molecule has 0 saturated carbocycles. The number of phosphoric ester groups is 1. The van der Waals surface area contributed by atoms with E-state index in [1.165, 1.54) is 205 Å². The Morgan fingerprint density at radius 2 is 0.720 bits per heavy atom. The lowest BCUT2D eigenvalue weighted by atomic mass is 10.0. The molecule has 0 aromatic rings. The zero-order valence-corrected chi connectivity index (χ0v) is 50.9. The van der Waals surface area contributed by atoms with E-state index in [4.69, 9.17) is 18.5 Å². The fraction of sp³-hybridized carbons (Fsp3) is 0.846. The molecule has 2 atom stereocenters. The van der Waals surface area contributed by atoms with Crippen molar-refractivity contribution in [3.63, 3.8) is 0 Å². The van der Waals surface area contributed by atoms with Crippen molar-refractivity contribution < 1.29 is 42.1 Å². The van der Waals surface area contributed by atoms with Gasteiger partial charge in [0, 0.05) is 12.8 Å². The summed E-state index contributed by atoms with van der Waals surface area (Å²) in [6, 6.07) is 0. The number of esters is 2. The normalized spacial score (nSPS) is 13.5. The Kier molecular flexibility index (Phi) is 55.1. The van der Waals surface area contributed by atoms with Gasteiger partial charge in [-0.15, -0.1) is 0 Å². The Balaban J connectivity index is 3.97. The first-order valence-electron chi connectivity index (χ1n) is 31.8. The lowest BCUT2D eigenvalue weighted by Gasteiger charge is -2.28. The second kappa shape index (κ2) is 56.7. The van der Waals surface area contributed by atoms with Crippen molar-refractivity contribution in [3.8, 4) is 0 Å². The van der Waals surface area contributed by atoms with E-state index in [1.54, 1.807) is 0 Å². The Morgan fingerprint density at radius 1 is 0.413 bits per heavy atom. The molecule has 0 aromatic heterocycles. The summed E-state index contributed by atoms with van der Waals surface area (Å²) in [6.45, 7) is 4.23. The average molecular weight is 1080 g/mol. The number of hydrogen-bond acceptors (Lipinski definition) is 8. The van der Waals surface area contributed by atoms with Crippen LogP contribution in [0.2, 0.25) is 0 Å². The molecule has 0 spiro atoms. The highest BCUT2D eigenvalue weighted by atomic mass is 31.2. The molecule has 2 unspecified atom stereocenters. The van der Waals surface area contributed by atoms with Crippen molar-refractivity contribution >= 4 is 19.8 Å². The van der Waals surface area contributed by atoms with E-state index in [2.05, 4.69) is 62.5 Å². The maximum absolute atomic E-state index is 12.8. The molecule has 10 heteroatoms. The van der Waals surface area contributed by atoms with Gasteiger partial charge in [-0.2, -0.15) is 0 Å². The lowest BCUT2D eigenvalue weighted by molar-refractivity contribution is -0.870. The molecule has 0 N–H and O–H groups in total. The molecule has 9 nitrogen and oxygen atoms in total. The van der Waals surface area contributed by atoms with Crippen LogP contribution in [-0.4, -0.2) is 70.0 Å². The van der Waals surface area contributed by atoms with Crippen LogP contribution in [0.15, 0.2) is 48.6 Å². The van der Waals surface area contributed by atoms with E-state index in [-0.39, 0.29) is 26.1 Å². The summed E-state index contributed by atoms with van der Waals surface area (Å²) in [7, 11) is 1.17. The first kappa shape index (κ1) is 73.0.